The standard InChI is InChI=1S/C14H19N3S/c1-10(2)12(8-15-3)13-9-18-14(17-13)11-5-4-6-16-7-11/h4-7,9-10,12,15H,8H2,1-3H3. The van der Waals surface area contributed by atoms with Crippen molar-refractivity contribution < 1.29 is 0 Å². The minimum absolute atomic E-state index is 0.469. The molecule has 0 aliphatic heterocycles. The zero-order chi connectivity index (χ0) is 13.0. The second-order valence-electron chi connectivity index (χ2n) is 4.73. The van der Waals surface area contributed by atoms with Crippen molar-refractivity contribution in [1.29, 1.82) is 0 Å². The van der Waals surface area contributed by atoms with Gasteiger partial charge in [-0.2, -0.15) is 0 Å². The van der Waals surface area contributed by atoms with Crippen LogP contribution >= 0.6 is 11.3 Å². The van der Waals surface area contributed by atoms with Crippen molar-refractivity contribution in [1.82, 2.24) is 15.3 Å². The molecule has 0 aliphatic carbocycles. The summed E-state index contributed by atoms with van der Waals surface area (Å²) in [5, 5.41) is 6.48. The monoisotopic (exact) mass is 261 g/mol. The average Bonchev–Trinajstić information content (AvgIpc) is 2.86. The topological polar surface area (TPSA) is 37.8 Å². The van der Waals surface area contributed by atoms with E-state index in [-0.39, 0.29) is 0 Å². The molecule has 4 heteroatoms. The average molecular weight is 261 g/mol. The molecule has 0 radical (unpaired) electrons. The lowest BCUT2D eigenvalue weighted by Crippen LogP contribution is -2.21. The Kier molecular flexibility index (Phi) is 4.44. The van der Waals surface area contributed by atoms with Crippen LogP contribution in [0.2, 0.25) is 0 Å². The van der Waals surface area contributed by atoms with Crippen LogP contribution in [0.4, 0.5) is 0 Å². The van der Waals surface area contributed by atoms with E-state index >= 15 is 0 Å². The van der Waals surface area contributed by atoms with Gasteiger partial charge in [-0.3, -0.25) is 4.98 Å². The van der Waals surface area contributed by atoms with E-state index in [1.54, 1.807) is 17.5 Å². The Morgan fingerprint density at radius 1 is 1.39 bits per heavy atom. The molecule has 2 aromatic rings. The van der Waals surface area contributed by atoms with Crippen LogP contribution in [-0.4, -0.2) is 23.6 Å². The molecule has 18 heavy (non-hydrogen) atoms. The molecule has 0 saturated heterocycles. The SMILES string of the molecule is CNCC(c1csc(-c2cccnc2)n1)C(C)C. The summed E-state index contributed by atoms with van der Waals surface area (Å²) in [4.78, 5) is 8.90. The van der Waals surface area contributed by atoms with E-state index in [4.69, 9.17) is 4.98 Å². The fourth-order valence-electron chi connectivity index (χ4n) is 1.98. The quantitative estimate of drug-likeness (QED) is 0.898. The smallest absolute Gasteiger partial charge is 0.125 e. The van der Waals surface area contributed by atoms with Crippen LogP contribution in [0.1, 0.15) is 25.5 Å². The number of rotatable bonds is 5. The first-order valence-electron chi connectivity index (χ1n) is 6.22. The third kappa shape index (κ3) is 2.94. The molecule has 0 spiro atoms. The van der Waals surface area contributed by atoms with Gasteiger partial charge in [-0.15, -0.1) is 11.3 Å². The summed E-state index contributed by atoms with van der Waals surface area (Å²) in [7, 11) is 1.99. The molecule has 0 aromatic carbocycles. The van der Waals surface area contributed by atoms with Gasteiger partial charge in [-0.1, -0.05) is 13.8 Å². The summed E-state index contributed by atoms with van der Waals surface area (Å²) in [5.74, 6) is 1.05. The molecule has 1 unspecified atom stereocenters. The van der Waals surface area contributed by atoms with E-state index in [0.29, 0.717) is 11.8 Å². The number of nitrogens with one attached hydrogen (secondary N) is 1. The highest BCUT2D eigenvalue weighted by Gasteiger charge is 2.18. The molecule has 3 nitrogen and oxygen atoms in total. The first-order chi connectivity index (χ1) is 8.72. The number of likely N-dealkylation sites (N-methyl/N-ethyl adjacent to an activating group) is 1. The molecule has 0 aliphatic rings. The van der Waals surface area contributed by atoms with E-state index in [1.807, 2.05) is 19.3 Å². The minimum Gasteiger partial charge on any atom is -0.319 e. The van der Waals surface area contributed by atoms with Crippen LogP contribution in [0.25, 0.3) is 10.6 Å². The van der Waals surface area contributed by atoms with Crippen molar-refractivity contribution in [3.05, 3.63) is 35.6 Å². The van der Waals surface area contributed by atoms with Crippen LogP contribution in [0.5, 0.6) is 0 Å². The predicted molar refractivity (Wildman–Crippen MR) is 76.9 cm³/mol. The summed E-state index contributed by atoms with van der Waals surface area (Å²) in [6.07, 6.45) is 3.65. The van der Waals surface area contributed by atoms with Crippen LogP contribution in [0.3, 0.4) is 0 Å². The highest BCUT2D eigenvalue weighted by molar-refractivity contribution is 7.13. The molecule has 0 amide bonds. The summed E-state index contributed by atoms with van der Waals surface area (Å²) < 4.78 is 0. The minimum atomic E-state index is 0.469. The Morgan fingerprint density at radius 2 is 2.22 bits per heavy atom. The van der Waals surface area contributed by atoms with E-state index in [0.717, 1.165) is 17.1 Å². The van der Waals surface area contributed by atoms with E-state index in [9.17, 15) is 0 Å². The highest BCUT2D eigenvalue weighted by atomic mass is 32.1. The van der Waals surface area contributed by atoms with Gasteiger partial charge in [-0.05, 0) is 25.1 Å². The molecule has 0 saturated carbocycles. The number of aromatic nitrogens is 2. The van der Waals surface area contributed by atoms with Crippen molar-refractivity contribution >= 4 is 11.3 Å². The third-order valence-corrected chi connectivity index (χ3v) is 3.95. The third-order valence-electron chi connectivity index (χ3n) is 3.04. The van der Waals surface area contributed by atoms with Gasteiger partial charge in [0.1, 0.15) is 5.01 Å². The Balaban J connectivity index is 2.24. The molecular weight excluding hydrogens is 242 g/mol. The van der Waals surface area contributed by atoms with Crippen molar-refractivity contribution in [2.24, 2.45) is 5.92 Å². The predicted octanol–water partition coefficient (Wildman–Crippen LogP) is 3.16. The fourth-order valence-corrected chi connectivity index (χ4v) is 2.85. The molecule has 2 heterocycles. The molecule has 1 N–H and O–H groups in total. The van der Waals surface area contributed by atoms with Gasteiger partial charge in [0.15, 0.2) is 0 Å². The van der Waals surface area contributed by atoms with Gasteiger partial charge in [0.25, 0.3) is 0 Å². The van der Waals surface area contributed by atoms with Gasteiger partial charge < -0.3 is 5.32 Å². The van der Waals surface area contributed by atoms with Crippen molar-refractivity contribution in [2.45, 2.75) is 19.8 Å². The molecule has 2 rings (SSSR count). The second-order valence-corrected chi connectivity index (χ2v) is 5.59. The number of pyridine rings is 1. The van der Waals surface area contributed by atoms with Gasteiger partial charge in [-0.25, -0.2) is 4.98 Å². The Morgan fingerprint density at radius 3 is 2.83 bits per heavy atom. The van der Waals surface area contributed by atoms with Crippen LogP contribution in [0, 0.1) is 5.92 Å². The van der Waals surface area contributed by atoms with E-state index in [2.05, 4.69) is 35.6 Å². The zero-order valence-electron chi connectivity index (χ0n) is 11.1. The molecule has 2 aromatic heterocycles. The number of hydrogen-bond donors (Lipinski definition) is 1. The Bertz CT molecular complexity index is 479. The van der Waals surface area contributed by atoms with Gasteiger partial charge in [0.2, 0.25) is 0 Å². The number of hydrogen-bond acceptors (Lipinski definition) is 4. The second kappa shape index (κ2) is 6.07. The zero-order valence-corrected chi connectivity index (χ0v) is 11.9. The van der Waals surface area contributed by atoms with E-state index < -0.39 is 0 Å². The van der Waals surface area contributed by atoms with Crippen molar-refractivity contribution in [3.8, 4) is 10.6 Å². The number of thiazole rings is 1. The van der Waals surface area contributed by atoms with Gasteiger partial charge in [0.05, 0.1) is 5.69 Å². The maximum Gasteiger partial charge on any atom is 0.125 e. The van der Waals surface area contributed by atoms with Crippen LogP contribution in [-0.2, 0) is 0 Å². The maximum atomic E-state index is 4.76. The van der Waals surface area contributed by atoms with Crippen LogP contribution in [0.15, 0.2) is 29.9 Å². The fraction of sp³-hybridized carbons (Fsp3) is 0.429. The molecule has 96 valence electrons. The molecule has 0 bridgehead atoms. The lowest BCUT2D eigenvalue weighted by atomic mass is 9.93. The van der Waals surface area contributed by atoms with E-state index in [1.165, 1.54) is 5.69 Å². The first kappa shape index (κ1) is 13.2. The molecular formula is C14H19N3S. The number of nitrogens with zero attached hydrogens (tertiary/aromatic N) is 2. The normalized spacial score (nSPS) is 12.9. The Hall–Kier alpha value is -1.26. The summed E-state index contributed by atoms with van der Waals surface area (Å²) in [6.45, 7) is 5.45. The summed E-state index contributed by atoms with van der Waals surface area (Å²) >= 11 is 1.70. The van der Waals surface area contributed by atoms with Crippen LogP contribution < -0.4 is 5.32 Å². The lowest BCUT2D eigenvalue weighted by Gasteiger charge is -2.18. The van der Waals surface area contributed by atoms with Crippen molar-refractivity contribution in [3.63, 3.8) is 0 Å². The van der Waals surface area contributed by atoms with Gasteiger partial charge >= 0.3 is 0 Å². The highest BCUT2D eigenvalue weighted by Crippen LogP contribution is 2.29. The maximum absolute atomic E-state index is 4.76. The molecule has 1 atom stereocenters. The molecule has 0 fully saturated rings. The summed E-state index contributed by atoms with van der Waals surface area (Å²) in [5.41, 5.74) is 2.28. The van der Waals surface area contributed by atoms with Crippen molar-refractivity contribution in [2.75, 3.05) is 13.6 Å². The largest absolute Gasteiger partial charge is 0.319 e. The summed E-state index contributed by atoms with van der Waals surface area (Å²) in [6, 6.07) is 4.00. The first-order valence-corrected chi connectivity index (χ1v) is 7.10. The lowest BCUT2D eigenvalue weighted by molar-refractivity contribution is 0.471. The van der Waals surface area contributed by atoms with Gasteiger partial charge in [0, 0.05) is 35.8 Å². The Labute approximate surface area is 112 Å².